The van der Waals surface area contributed by atoms with Crippen molar-refractivity contribution in [2.75, 3.05) is 52.7 Å². The normalized spacial score (nSPS) is 10.2. The highest BCUT2D eigenvalue weighted by Crippen LogP contribution is 2.14. The number of ether oxygens (including phenoxy) is 3. The molecule has 0 aromatic heterocycles. The number of hydrogen-bond donors (Lipinski definition) is 1. The summed E-state index contributed by atoms with van der Waals surface area (Å²) in [6.45, 7) is 3.25. The molecule has 0 atom stereocenters. The SMILES string of the molecule is [N-]=[N+]=NCCOCCOCCOCCNC(=O)c1ccccc1Cl. The van der Waals surface area contributed by atoms with E-state index < -0.39 is 0 Å². The Kier molecular flexibility index (Phi) is 11.5. The summed E-state index contributed by atoms with van der Waals surface area (Å²) in [6, 6.07) is 6.87. The largest absolute Gasteiger partial charge is 0.379 e. The van der Waals surface area contributed by atoms with Crippen molar-refractivity contribution in [3.8, 4) is 0 Å². The first-order chi connectivity index (χ1) is 11.8. The molecular formula is C15H21ClN4O4. The molecule has 132 valence electrons. The van der Waals surface area contributed by atoms with Crippen molar-refractivity contribution in [3.63, 3.8) is 0 Å². The first kappa shape index (κ1) is 20.2. The number of carbonyl (C=O) groups is 1. The summed E-state index contributed by atoms with van der Waals surface area (Å²) in [5.74, 6) is -0.224. The number of rotatable bonds is 13. The molecule has 1 rings (SSSR count). The van der Waals surface area contributed by atoms with Crippen LogP contribution in [0.2, 0.25) is 5.02 Å². The Hall–Kier alpha value is -1.83. The zero-order valence-electron chi connectivity index (χ0n) is 13.3. The maximum Gasteiger partial charge on any atom is 0.252 e. The van der Waals surface area contributed by atoms with Gasteiger partial charge in [-0.15, -0.1) is 0 Å². The molecule has 0 heterocycles. The topological polar surface area (TPSA) is 106 Å². The van der Waals surface area contributed by atoms with Crippen LogP contribution in [-0.2, 0) is 14.2 Å². The number of hydrogen-bond acceptors (Lipinski definition) is 5. The average molecular weight is 357 g/mol. The van der Waals surface area contributed by atoms with Crippen molar-refractivity contribution >= 4 is 17.5 Å². The van der Waals surface area contributed by atoms with Crippen LogP contribution in [0.1, 0.15) is 10.4 Å². The van der Waals surface area contributed by atoms with Gasteiger partial charge in [-0.1, -0.05) is 28.8 Å². The summed E-state index contributed by atoms with van der Waals surface area (Å²) in [5, 5.41) is 6.50. The Morgan fingerprint density at radius 2 is 1.71 bits per heavy atom. The van der Waals surface area contributed by atoms with Crippen molar-refractivity contribution in [1.29, 1.82) is 0 Å². The molecule has 0 unspecified atom stereocenters. The summed E-state index contributed by atoms with van der Waals surface area (Å²) >= 11 is 5.94. The van der Waals surface area contributed by atoms with Gasteiger partial charge in [0, 0.05) is 18.0 Å². The van der Waals surface area contributed by atoms with Gasteiger partial charge in [0.1, 0.15) is 0 Å². The molecule has 0 saturated heterocycles. The molecule has 0 radical (unpaired) electrons. The van der Waals surface area contributed by atoms with Crippen LogP contribution in [0.3, 0.4) is 0 Å². The molecule has 0 aliphatic heterocycles. The van der Waals surface area contributed by atoms with Gasteiger partial charge in [-0.05, 0) is 17.7 Å². The quantitative estimate of drug-likeness (QED) is 0.253. The number of benzene rings is 1. The van der Waals surface area contributed by atoms with Crippen molar-refractivity contribution in [3.05, 3.63) is 45.3 Å². The van der Waals surface area contributed by atoms with E-state index in [0.717, 1.165) is 0 Å². The molecule has 1 aromatic carbocycles. The summed E-state index contributed by atoms with van der Waals surface area (Å²) < 4.78 is 15.8. The van der Waals surface area contributed by atoms with Gasteiger partial charge in [0.25, 0.3) is 5.91 Å². The van der Waals surface area contributed by atoms with Crippen LogP contribution in [0.15, 0.2) is 29.4 Å². The summed E-state index contributed by atoms with van der Waals surface area (Å²) in [7, 11) is 0. The molecule has 0 aliphatic rings. The number of azide groups is 1. The van der Waals surface area contributed by atoms with Crippen LogP contribution >= 0.6 is 11.6 Å². The van der Waals surface area contributed by atoms with Crippen LogP contribution in [-0.4, -0.2) is 58.6 Å². The lowest BCUT2D eigenvalue weighted by molar-refractivity contribution is 0.0166. The van der Waals surface area contributed by atoms with Crippen LogP contribution in [0, 0.1) is 0 Å². The van der Waals surface area contributed by atoms with Crippen molar-refractivity contribution < 1.29 is 19.0 Å². The fourth-order valence-electron chi connectivity index (χ4n) is 1.67. The fourth-order valence-corrected chi connectivity index (χ4v) is 1.89. The fraction of sp³-hybridized carbons (Fsp3) is 0.533. The zero-order chi connectivity index (χ0) is 17.5. The van der Waals surface area contributed by atoms with E-state index in [1.165, 1.54) is 0 Å². The average Bonchev–Trinajstić information content (AvgIpc) is 2.59. The van der Waals surface area contributed by atoms with E-state index in [2.05, 4.69) is 15.3 Å². The third kappa shape index (κ3) is 9.34. The van der Waals surface area contributed by atoms with E-state index in [0.29, 0.717) is 63.3 Å². The Morgan fingerprint density at radius 1 is 1.08 bits per heavy atom. The van der Waals surface area contributed by atoms with Crippen LogP contribution in [0.25, 0.3) is 10.4 Å². The van der Waals surface area contributed by atoms with E-state index in [-0.39, 0.29) is 5.91 Å². The van der Waals surface area contributed by atoms with Gasteiger partial charge in [-0.25, -0.2) is 0 Å². The molecule has 0 saturated carbocycles. The number of carbonyl (C=O) groups excluding carboxylic acids is 1. The minimum atomic E-state index is -0.224. The van der Waals surface area contributed by atoms with E-state index in [1.807, 2.05) is 0 Å². The van der Waals surface area contributed by atoms with Gasteiger partial charge in [-0.2, -0.15) is 0 Å². The Labute approximate surface area is 145 Å². The summed E-state index contributed by atoms with van der Waals surface area (Å²) in [5.41, 5.74) is 8.51. The smallest absolute Gasteiger partial charge is 0.252 e. The monoisotopic (exact) mass is 356 g/mol. The Morgan fingerprint density at radius 3 is 2.38 bits per heavy atom. The standard InChI is InChI=1S/C15H21ClN4O4/c16-14-4-2-1-3-13(14)15(21)18-5-7-22-9-11-24-12-10-23-8-6-19-20-17/h1-4H,5-12H2,(H,18,21). The molecule has 0 aliphatic carbocycles. The lowest BCUT2D eigenvalue weighted by Crippen LogP contribution is -2.27. The second-order valence-corrected chi connectivity index (χ2v) is 4.93. The molecular weight excluding hydrogens is 336 g/mol. The first-order valence-corrected chi connectivity index (χ1v) is 7.90. The number of nitrogens with zero attached hydrogens (tertiary/aromatic N) is 3. The molecule has 1 N–H and O–H groups in total. The summed E-state index contributed by atoms with van der Waals surface area (Å²) in [6.07, 6.45) is 0. The highest BCUT2D eigenvalue weighted by molar-refractivity contribution is 6.33. The predicted molar refractivity (Wildman–Crippen MR) is 90.3 cm³/mol. The molecule has 24 heavy (non-hydrogen) atoms. The highest BCUT2D eigenvalue weighted by Gasteiger charge is 2.08. The number of nitrogens with one attached hydrogen (secondary N) is 1. The molecule has 0 bridgehead atoms. The van der Waals surface area contributed by atoms with Crippen LogP contribution in [0.4, 0.5) is 0 Å². The minimum Gasteiger partial charge on any atom is -0.379 e. The number of amides is 1. The first-order valence-electron chi connectivity index (χ1n) is 7.52. The molecule has 8 nitrogen and oxygen atoms in total. The molecule has 9 heteroatoms. The minimum absolute atomic E-state index is 0.224. The van der Waals surface area contributed by atoms with E-state index in [1.54, 1.807) is 24.3 Å². The number of halogens is 1. The van der Waals surface area contributed by atoms with Crippen LogP contribution < -0.4 is 5.32 Å². The van der Waals surface area contributed by atoms with E-state index >= 15 is 0 Å². The van der Waals surface area contributed by atoms with Crippen molar-refractivity contribution in [2.24, 2.45) is 5.11 Å². The second kappa shape index (κ2) is 13.6. The maximum atomic E-state index is 11.9. The lowest BCUT2D eigenvalue weighted by Gasteiger charge is -2.08. The van der Waals surface area contributed by atoms with Gasteiger partial charge in [0.05, 0.1) is 50.2 Å². The van der Waals surface area contributed by atoms with Gasteiger partial charge < -0.3 is 19.5 Å². The molecule has 0 fully saturated rings. The Balaban J connectivity index is 1.91. The molecule has 0 spiro atoms. The summed E-state index contributed by atoms with van der Waals surface area (Å²) in [4.78, 5) is 14.5. The van der Waals surface area contributed by atoms with E-state index in [4.69, 9.17) is 31.3 Å². The van der Waals surface area contributed by atoms with Gasteiger partial charge in [0.2, 0.25) is 0 Å². The third-order valence-electron chi connectivity index (χ3n) is 2.79. The van der Waals surface area contributed by atoms with Gasteiger partial charge in [-0.3, -0.25) is 4.79 Å². The zero-order valence-corrected chi connectivity index (χ0v) is 14.1. The predicted octanol–water partition coefficient (Wildman–Crippen LogP) is 2.43. The van der Waals surface area contributed by atoms with E-state index in [9.17, 15) is 4.79 Å². The van der Waals surface area contributed by atoms with Crippen molar-refractivity contribution in [2.45, 2.75) is 0 Å². The molecule has 1 aromatic rings. The van der Waals surface area contributed by atoms with Crippen LogP contribution in [0.5, 0.6) is 0 Å². The maximum absolute atomic E-state index is 11.9. The lowest BCUT2D eigenvalue weighted by atomic mass is 10.2. The Bertz CT molecular complexity index is 538. The second-order valence-electron chi connectivity index (χ2n) is 4.53. The third-order valence-corrected chi connectivity index (χ3v) is 3.12. The van der Waals surface area contributed by atoms with Gasteiger partial charge in [0.15, 0.2) is 0 Å². The molecule has 1 amide bonds. The highest BCUT2D eigenvalue weighted by atomic mass is 35.5. The van der Waals surface area contributed by atoms with Gasteiger partial charge >= 0.3 is 0 Å². The van der Waals surface area contributed by atoms with Crippen molar-refractivity contribution in [1.82, 2.24) is 5.32 Å².